The maximum atomic E-state index is 4.31. The number of hydrogen-bond acceptors (Lipinski definition) is 3. The van der Waals surface area contributed by atoms with Gasteiger partial charge in [-0.1, -0.05) is 24.3 Å². The van der Waals surface area contributed by atoms with Gasteiger partial charge in [0.05, 0.1) is 0 Å². The Bertz CT molecular complexity index is 540. The number of nitrogens with zero attached hydrogens (tertiary/aromatic N) is 2. The highest BCUT2D eigenvalue weighted by Gasteiger charge is 2.18. The summed E-state index contributed by atoms with van der Waals surface area (Å²) in [7, 11) is 0. The van der Waals surface area contributed by atoms with Gasteiger partial charge in [0, 0.05) is 32.4 Å². The molecular weight excluding hydrogens is 234 g/mol. The van der Waals surface area contributed by atoms with Crippen molar-refractivity contribution in [2.75, 3.05) is 11.9 Å². The van der Waals surface area contributed by atoms with Gasteiger partial charge in [-0.2, -0.15) is 0 Å². The number of pyridine rings is 1. The van der Waals surface area contributed by atoms with E-state index in [0.717, 1.165) is 32.0 Å². The number of hydrogen-bond donors (Lipinski definition) is 1. The van der Waals surface area contributed by atoms with Gasteiger partial charge in [0.2, 0.25) is 0 Å². The van der Waals surface area contributed by atoms with Gasteiger partial charge in [-0.15, -0.1) is 0 Å². The van der Waals surface area contributed by atoms with Gasteiger partial charge in [-0.05, 0) is 35.7 Å². The van der Waals surface area contributed by atoms with E-state index in [1.54, 1.807) is 0 Å². The number of benzene rings is 1. The summed E-state index contributed by atoms with van der Waals surface area (Å²) in [5.74, 6) is 0.969. The van der Waals surface area contributed by atoms with Crippen LogP contribution in [-0.2, 0) is 19.6 Å². The third-order valence-corrected chi connectivity index (χ3v) is 3.49. The van der Waals surface area contributed by atoms with E-state index in [1.807, 2.05) is 6.20 Å². The van der Waals surface area contributed by atoms with Crippen molar-refractivity contribution in [3.8, 4) is 0 Å². The van der Waals surface area contributed by atoms with Crippen molar-refractivity contribution in [2.24, 2.45) is 0 Å². The van der Waals surface area contributed by atoms with Crippen molar-refractivity contribution in [3.05, 3.63) is 59.3 Å². The maximum absolute atomic E-state index is 4.31. The Hall–Kier alpha value is -1.87. The predicted octanol–water partition coefficient (Wildman–Crippen LogP) is 3.03. The first kappa shape index (κ1) is 12.2. The van der Waals surface area contributed by atoms with Gasteiger partial charge in [0.1, 0.15) is 5.82 Å². The van der Waals surface area contributed by atoms with E-state index in [0.29, 0.717) is 0 Å². The van der Waals surface area contributed by atoms with E-state index in [-0.39, 0.29) is 0 Å². The summed E-state index contributed by atoms with van der Waals surface area (Å²) in [6.45, 7) is 6.08. The van der Waals surface area contributed by atoms with Gasteiger partial charge >= 0.3 is 0 Å². The maximum Gasteiger partial charge on any atom is 0.126 e. The van der Waals surface area contributed by atoms with Crippen molar-refractivity contribution >= 4 is 5.82 Å². The minimum absolute atomic E-state index is 0.908. The second-order valence-corrected chi connectivity index (χ2v) is 4.99. The van der Waals surface area contributed by atoms with E-state index >= 15 is 0 Å². The molecule has 3 nitrogen and oxygen atoms in total. The molecule has 1 aromatic heterocycles. The zero-order valence-corrected chi connectivity index (χ0v) is 11.3. The van der Waals surface area contributed by atoms with Crippen LogP contribution in [0.2, 0.25) is 0 Å². The SMILES string of the molecule is CCNc1cc(CN2Cc3ccccc3C2)ccn1. The molecule has 3 heteroatoms. The van der Waals surface area contributed by atoms with Crippen LogP contribution in [0.3, 0.4) is 0 Å². The second-order valence-electron chi connectivity index (χ2n) is 4.99. The molecule has 1 aliphatic rings. The van der Waals surface area contributed by atoms with Crippen LogP contribution < -0.4 is 5.32 Å². The molecule has 0 unspecified atom stereocenters. The quantitative estimate of drug-likeness (QED) is 0.907. The summed E-state index contributed by atoms with van der Waals surface area (Å²) in [4.78, 5) is 6.78. The molecule has 0 aliphatic carbocycles. The van der Waals surface area contributed by atoms with Crippen molar-refractivity contribution in [2.45, 2.75) is 26.6 Å². The van der Waals surface area contributed by atoms with Crippen molar-refractivity contribution in [3.63, 3.8) is 0 Å². The van der Waals surface area contributed by atoms with Gasteiger partial charge in [-0.3, -0.25) is 4.90 Å². The van der Waals surface area contributed by atoms with Gasteiger partial charge < -0.3 is 5.32 Å². The molecule has 98 valence electrons. The number of nitrogens with one attached hydrogen (secondary N) is 1. The first-order valence-corrected chi connectivity index (χ1v) is 6.83. The van der Waals surface area contributed by atoms with Crippen LogP contribution in [0.25, 0.3) is 0 Å². The second kappa shape index (κ2) is 5.41. The molecule has 1 aromatic carbocycles. The number of anilines is 1. The average Bonchev–Trinajstić information content (AvgIpc) is 2.81. The summed E-state index contributed by atoms with van der Waals surface area (Å²) >= 11 is 0. The largest absolute Gasteiger partial charge is 0.370 e. The first-order valence-electron chi connectivity index (χ1n) is 6.83. The molecule has 0 saturated heterocycles. The number of fused-ring (bicyclic) bond motifs is 1. The number of rotatable bonds is 4. The first-order chi connectivity index (χ1) is 9.35. The highest BCUT2D eigenvalue weighted by molar-refractivity contribution is 5.37. The number of aromatic nitrogens is 1. The lowest BCUT2D eigenvalue weighted by Gasteiger charge is -2.15. The summed E-state index contributed by atoms with van der Waals surface area (Å²) in [5, 5.41) is 3.26. The summed E-state index contributed by atoms with van der Waals surface area (Å²) in [6, 6.07) is 12.9. The smallest absolute Gasteiger partial charge is 0.126 e. The molecule has 19 heavy (non-hydrogen) atoms. The summed E-state index contributed by atoms with van der Waals surface area (Å²) in [6.07, 6.45) is 1.89. The zero-order valence-electron chi connectivity index (χ0n) is 11.3. The Kier molecular flexibility index (Phi) is 3.47. The van der Waals surface area contributed by atoms with Crippen LogP contribution in [0, 0.1) is 0 Å². The Morgan fingerprint density at radius 1 is 1.16 bits per heavy atom. The van der Waals surface area contributed by atoms with Crippen LogP contribution >= 0.6 is 0 Å². The Balaban J connectivity index is 1.69. The molecule has 2 aromatic rings. The summed E-state index contributed by atoms with van der Waals surface area (Å²) < 4.78 is 0. The molecule has 0 atom stereocenters. The normalized spacial score (nSPS) is 14.4. The standard InChI is InChI=1S/C16H19N3/c1-2-17-16-9-13(7-8-18-16)10-19-11-14-5-3-4-6-15(14)12-19/h3-9H,2,10-12H2,1H3,(H,17,18). The van der Waals surface area contributed by atoms with Crippen LogP contribution in [0.15, 0.2) is 42.6 Å². The Labute approximate surface area is 114 Å². The van der Waals surface area contributed by atoms with E-state index < -0.39 is 0 Å². The van der Waals surface area contributed by atoms with Crippen molar-refractivity contribution in [1.29, 1.82) is 0 Å². The van der Waals surface area contributed by atoms with Gasteiger partial charge in [-0.25, -0.2) is 4.98 Å². The summed E-state index contributed by atoms with van der Waals surface area (Å²) in [5.41, 5.74) is 4.24. The fraction of sp³-hybridized carbons (Fsp3) is 0.312. The molecular formula is C16H19N3. The minimum atomic E-state index is 0.908. The van der Waals surface area contributed by atoms with Gasteiger partial charge in [0.15, 0.2) is 0 Å². The van der Waals surface area contributed by atoms with Gasteiger partial charge in [0.25, 0.3) is 0 Å². The lowest BCUT2D eigenvalue weighted by atomic mass is 10.1. The molecule has 0 saturated carbocycles. The van der Waals surface area contributed by atoms with Crippen LogP contribution in [0.1, 0.15) is 23.6 Å². The zero-order chi connectivity index (χ0) is 13.1. The van der Waals surface area contributed by atoms with E-state index in [2.05, 4.69) is 58.5 Å². The van der Waals surface area contributed by atoms with Crippen molar-refractivity contribution < 1.29 is 0 Å². The third kappa shape index (κ3) is 2.76. The lowest BCUT2D eigenvalue weighted by Crippen LogP contribution is -2.15. The fourth-order valence-corrected chi connectivity index (χ4v) is 2.62. The van der Waals surface area contributed by atoms with Crippen LogP contribution in [0.4, 0.5) is 5.82 Å². The highest BCUT2D eigenvalue weighted by Crippen LogP contribution is 2.24. The predicted molar refractivity (Wildman–Crippen MR) is 77.8 cm³/mol. The molecule has 3 rings (SSSR count). The molecule has 0 bridgehead atoms. The minimum Gasteiger partial charge on any atom is -0.370 e. The van der Waals surface area contributed by atoms with E-state index in [4.69, 9.17) is 0 Å². The Morgan fingerprint density at radius 2 is 1.89 bits per heavy atom. The average molecular weight is 253 g/mol. The molecule has 0 radical (unpaired) electrons. The molecule has 2 heterocycles. The molecule has 0 spiro atoms. The third-order valence-electron chi connectivity index (χ3n) is 3.49. The Morgan fingerprint density at radius 3 is 2.58 bits per heavy atom. The fourth-order valence-electron chi connectivity index (χ4n) is 2.62. The van der Waals surface area contributed by atoms with E-state index in [9.17, 15) is 0 Å². The van der Waals surface area contributed by atoms with Crippen LogP contribution in [-0.4, -0.2) is 16.4 Å². The van der Waals surface area contributed by atoms with Crippen molar-refractivity contribution in [1.82, 2.24) is 9.88 Å². The lowest BCUT2D eigenvalue weighted by molar-refractivity contribution is 0.275. The molecule has 0 fully saturated rings. The molecule has 1 aliphatic heterocycles. The molecule has 0 amide bonds. The van der Waals surface area contributed by atoms with E-state index in [1.165, 1.54) is 16.7 Å². The topological polar surface area (TPSA) is 28.2 Å². The monoisotopic (exact) mass is 253 g/mol. The van der Waals surface area contributed by atoms with Crippen LogP contribution in [0.5, 0.6) is 0 Å². The molecule has 1 N–H and O–H groups in total. The highest BCUT2D eigenvalue weighted by atomic mass is 15.1.